The minimum atomic E-state index is -3.68. The van der Waals surface area contributed by atoms with Crippen molar-refractivity contribution in [3.05, 3.63) is 65.7 Å². The molecule has 5 nitrogen and oxygen atoms in total. The molecule has 0 aliphatic heterocycles. The zero-order valence-electron chi connectivity index (χ0n) is 12.7. The Hall–Kier alpha value is -2.18. The average molecular weight is 332 g/mol. The van der Waals surface area contributed by atoms with Crippen molar-refractivity contribution in [3.63, 3.8) is 0 Å². The maximum Gasteiger partial charge on any atom is 0.238 e. The van der Waals surface area contributed by atoms with E-state index in [9.17, 15) is 13.2 Å². The summed E-state index contributed by atoms with van der Waals surface area (Å²) in [6.45, 7) is 0.370. The summed E-state index contributed by atoms with van der Waals surface area (Å²) in [6, 6.07) is 16.2. The quantitative estimate of drug-likeness (QED) is 0.812. The first kappa shape index (κ1) is 17.2. The molecule has 2 aromatic rings. The van der Waals surface area contributed by atoms with E-state index in [4.69, 9.17) is 5.14 Å². The van der Waals surface area contributed by atoms with E-state index in [0.717, 1.165) is 18.4 Å². The summed E-state index contributed by atoms with van der Waals surface area (Å²) in [6.07, 6.45) is 2.13. The molecular formula is C17H20N2O3S. The fourth-order valence-corrected chi connectivity index (χ4v) is 2.70. The Balaban J connectivity index is 1.74. The number of hydrogen-bond donors (Lipinski definition) is 2. The Kier molecular flexibility index (Phi) is 5.90. The van der Waals surface area contributed by atoms with Crippen LogP contribution in [0.5, 0.6) is 0 Å². The molecule has 122 valence electrons. The van der Waals surface area contributed by atoms with E-state index in [1.54, 1.807) is 12.1 Å². The first-order valence-corrected chi connectivity index (χ1v) is 8.92. The highest BCUT2D eigenvalue weighted by atomic mass is 32.2. The van der Waals surface area contributed by atoms with Gasteiger partial charge in [0.2, 0.25) is 15.9 Å². The molecule has 0 fully saturated rings. The second-order valence-electron chi connectivity index (χ2n) is 5.30. The van der Waals surface area contributed by atoms with Crippen molar-refractivity contribution in [2.24, 2.45) is 5.14 Å². The SMILES string of the molecule is NS(=O)(=O)c1ccc(CNC(=O)CCCc2ccccc2)cc1. The molecule has 0 spiro atoms. The molecule has 0 radical (unpaired) electrons. The lowest BCUT2D eigenvalue weighted by molar-refractivity contribution is -0.121. The van der Waals surface area contributed by atoms with Gasteiger partial charge in [-0.1, -0.05) is 42.5 Å². The maximum absolute atomic E-state index is 11.8. The second kappa shape index (κ2) is 7.89. The van der Waals surface area contributed by atoms with Crippen LogP contribution >= 0.6 is 0 Å². The molecule has 0 atom stereocenters. The summed E-state index contributed by atoms with van der Waals surface area (Å²) in [5, 5.41) is 7.86. The van der Waals surface area contributed by atoms with Gasteiger partial charge in [-0.15, -0.1) is 0 Å². The number of sulfonamides is 1. The van der Waals surface area contributed by atoms with Crippen LogP contribution in [0.4, 0.5) is 0 Å². The summed E-state index contributed by atoms with van der Waals surface area (Å²) in [5.41, 5.74) is 2.05. The molecule has 0 aliphatic rings. The molecular weight excluding hydrogens is 312 g/mol. The molecule has 1 amide bonds. The number of primary sulfonamides is 1. The van der Waals surface area contributed by atoms with Crippen LogP contribution < -0.4 is 10.5 Å². The molecule has 0 saturated heterocycles. The predicted octanol–water partition coefficient (Wildman–Crippen LogP) is 1.97. The number of benzene rings is 2. The lowest BCUT2D eigenvalue weighted by Crippen LogP contribution is -2.22. The van der Waals surface area contributed by atoms with Gasteiger partial charge in [0.25, 0.3) is 0 Å². The van der Waals surface area contributed by atoms with Crippen LogP contribution in [0.1, 0.15) is 24.0 Å². The van der Waals surface area contributed by atoms with Crippen LogP contribution in [0, 0.1) is 0 Å². The van der Waals surface area contributed by atoms with Crippen molar-refractivity contribution in [2.75, 3.05) is 0 Å². The van der Waals surface area contributed by atoms with Crippen molar-refractivity contribution >= 4 is 15.9 Å². The van der Waals surface area contributed by atoms with Gasteiger partial charge in [-0.25, -0.2) is 13.6 Å². The molecule has 23 heavy (non-hydrogen) atoms. The van der Waals surface area contributed by atoms with Crippen molar-refractivity contribution < 1.29 is 13.2 Å². The average Bonchev–Trinajstić information content (AvgIpc) is 2.53. The van der Waals surface area contributed by atoms with E-state index in [-0.39, 0.29) is 10.8 Å². The fraction of sp³-hybridized carbons (Fsp3) is 0.235. The van der Waals surface area contributed by atoms with Crippen molar-refractivity contribution in [1.29, 1.82) is 0 Å². The summed E-state index contributed by atoms with van der Waals surface area (Å²) in [4.78, 5) is 11.9. The Bertz CT molecular complexity index is 741. The van der Waals surface area contributed by atoms with Crippen molar-refractivity contribution in [3.8, 4) is 0 Å². The molecule has 0 aliphatic carbocycles. The first-order valence-electron chi connectivity index (χ1n) is 7.37. The monoisotopic (exact) mass is 332 g/mol. The lowest BCUT2D eigenvalue weighted by Gasteiger charge is -2.06. The van der Waals surface area contributed by atoms with Crippen LogP contribution in [0.25, 0.3) is 0 Å². The molecule has 2 rings (SSSR count). The van der Waals surface area contributed by atoms with Gasteiger partial charge >= 0.3 is 0 Å². The number of rotatable bonds is 7. The van der Waals surface area contributed by atoms with Gasteiger partial charge in [0.1, 0.15) is 0 Å². The number of hydrogen-bond acceptors (Lipinski definition) is 3. The standard InChI is InChI=1S/C17H20N2O3S/c18-23(21,22)16-11-9-15(10-12-16)13-19-17(20)8-4-7-14-5-2-1-3-6-14/h1-3,5-6,9-12H,4,7-8,13H2,(H,19,20)(H2,18,21,22). The predicted molar refractivity (Wildman–Crippen MR) is 89.0 cm³/mol. The number of aryl methyl sites for hydroxylation is 1. The Morgan fingerprint density at radius 1 is 0.957 bits per heavy atom. The molecule has 0 heterocycles. The van der Waals surface area contributed by atoms with E-state index >= 15 is 0 Å². The third-order valence-electron chi connectivity index (χ3n) is 3.45. The van der Waals surface area contributed by atoms with Gasteiger partial charge < -0.3 is 5.32 Å². The van der Waals surface area contributed by atoms with E-state index in [1.807, 2.05) is 30.3 Å². The molecule has 0 saturated carbocycles. The van der Waals surface area contributed by atoms with Gasteiger partial charge in [0.05, 0.1) is 4.90 Å². The molecule has 0 bridgehead atoms. The highest BCUT2D eigenvalue weighted by Gasteiger charge is 2.07. The van der Waals surface area contributed by atoms with E-state index in [0.29, 0.717) is 13.0 Å². The lowest BCUT2D eigenvalue weighted by atomic mass is 10.1. The van der Waals surface area contributed by atoms with Crippen LogP contribution in [0.15, 0.2) is 59.5 Å². The molecule has 0 aromatic heterocycles. The van der Waals surface area contributed by atoms with E-state index in [1.165, 1.54) is 17.7 Å². The van der Waals surface area contributed by atoms with Crippen LogP contribution in [-0.2, 0) is 27.8 Å². The van der Waals surface area contributed by atoms with Gasteiger partial charge in [-0.3, -0.25) is 4.79 Å². The van der Waals surface area contributed by atoms with E-state index in [2.05, 4.69) is 5.32 Å². The number of carbonyl (C=O) groups excluding carboxylic acids is 1. The fourth-order valence-electron chi connectivity index (χ4n) is 2.18. The normalized spacial score (nSPS) is 11.2. The molecule has 0 unspecified atom stereocenters. The minimum Gasteiger partial charge on any atom is -0.352 e. The third-order valence-corrected chi connectivity index (χ3v) is 4.38. The van der Waals surface area contributed by atoms with Crippen LogP contribution in [0.2, 0.25) is 0 Å². The molecule has 2 aromatic carbocycles. The Morgan fingerprint density at radius 3 is 2.22 bits per heavy atom. The van der Waals surface area contributed by atoms with Crippen LogP contribution in [0.3, 0.4) is 0 Å². The highest BCUT2D eigenvalue weighted by molar-refractivity contribution is 7.89. The Labute approximate surface area is 136 Å². The number of carbonyl (C=O) groups is 1. The Morgan fingerprint density at radius 2 is 1.61 bits per heavy atom. The zero-order valence-corrected chi connectivity index (χ0v) is 13.6. The topological polar surface area (TPSA) is 89.3 Å². The zero-order chi connectivity index (χ0) is 16.7. The smallest absolute Gasteiger partial charge is 0.238 e. The molecule has 3 N–H and O–H groups in total. The van der Waals surface area contributed by atoms with Gasteiger partial charge in [0.15, 0.2) is 0 Å². The minimum absolute atomic E-state index is 0.0172. The van der Waals surface area contributed by atoms with Crippen LogP contribution in [-0.4, -0.2) is 14.3 Å². The van der Waals surface area contributed by atoms with E-state index < -0.39 is 10.0 Å². The largest absolute Gasteiger partial charge is 0.352 e. The second-order valence-corrected chi connectivity index (χ2v) is 6.87. The summed E-state index contributed by atoms with van der Waals surface area (Å²) < 4.78 is 22.3. The maximum atomic E-state index is 11.8. The van der Waals surface area contributed by atoms with Gasteiger partial charge in [-0.05, 0) is 36.1 Å². The van der Waals surface area contributed by atoms with Gasteiger partial charge in [-0.2, -0.15) is 0 Å². The van der Waals surface area contributed by atoms with Gasteiger partial charge in [0, 0.05) is 13.0 Å². The van der Waals surface area contributed by atoms with Crippen molar-refractivity contribution in [2.45, 2.75) is 30.7 Å². The number of amides is 1. The number of nitrogens with two attached hydrogens (primary N) is 1. The summed E-state index contributed by atoms with van der Waals surface area (Å²) in [7, 11) is -3.68. The first-order chi connectivity index (χ1) is 10.9. The third kappa shape index (κ3) is 5.84. The molecule has 6 heteroatoms. The van der Waals surface area contributed by atoms with Crippen molar-refractivity contribution in [1.82, 2.24) is 5.32 Å². The summed E-state index contributed by atoms with van der Waals surface area (Å²) in [5.74, 6) is -0.0172. The summed E-state index contributed by atoms with van der Waals surface area (Å²) >= 11 is 0. The highest BCUT2D eigenvalue weighted by Crippen LogP contribution is 2.09. The number of nitrogens with one attached hydrogen (secondary N) is 1.